The lowest BCUT2D eigenvalue weighted by atomic mass is 10.1. The Hall–Kier alpha value is -4.01. The number of pyridine rings is 3. The number of urea groups is 1. The Morgan fingerprint density at radius 2 is 1.79 bits per heavy atom. The third-order valence-corrected chi connectivity index (χ3v) is 4.02. The Labute approximate surface area is 168 Å². The zero-order chi connectivity index (χ0) is 20.6. The predicted octanol–water partition coefficient (Wildman–Crippen LogP) is 3.03. The molecule has 9 heteroatoms. The minimum absolute atomic E-state index is 0.319. The van der Waals surface area contributed by atoms with Crippen molar-refractivity contribution in [3.63, 3.8) is 0 Å². The van der Waals surface area contributed by atoms with E-state index in [1.807, 2.05) is 20.0 Å². The minimum Gasteiger partial charge on any atom is -0.343 e. The van der Waals surface area contributed by atoms with Crippen molar-refractivity contribution in [1.29, 1.82) is 0 Å². The average Bonchev–Trinajstić information content (AvgIpc) is 2.74. The summed E-state index contributed by atoms with van der Waals surface area (Å²) in [5, 5.41) is 8.11. The molecule has 148 valence electrons. The summed E-state index contributed by atoms with van der Waals surface area (Å²) in [6, 6.07) is 8.41. The van der Waals surface area contributed by atoms with Gasteiger partial charge in [-0.2, -0.15) is 0 Å². The number of rotatable bonds is 6. The molecule has 0 saturated carbocycles. The van der Waals surface area contributed by atoms with Gasteiger partial charge < -0.3 is 15.5 Å². The molecule has 3 amide bonds. The number of nitrogens with zero attached hydrogens (tertiary/aromatic N) is 4. The van der Waals surface area contributed by atoms with E-state index in [-0.39, 0.29) is 11.9 Å². The summed E-state index contributed by atoms with van der Waals surface area (Å²) >= 11 is 0. The largest absolute Gasteiger partial charge is 0.343 e. The molecule has 0 atom stereocenters. The molecule has 0 unspecified atom stereocenters. The van der Waals surface area contributed by atoms with Crippen molar-refractivity contribution < 1.29 is 9.59 Å². The summed E-state index contributed by atoms with van der Waals surface area (Å²) in [6.45, 7) is 2.31. The van der Waals surface area contributed by atoms with Gasteiger partial charge in [-0.15, -0.1) is 0 Å². The summed E-state index contributed by atoms with van der Waals surface area (Å²) in [5.41, 5.74) is 2.23. The first kappa shape index (κ1) is 19.7. The van der Waals surface area contributed by atoms with E-state index in [0.29, 0.717) is 29.3 Å². The second-order valence-electron chi connectivity index (χ2n) is 6.04. The van der Waals surface area contributed by atoms with Crippen LogP contribution in [0.1, 0.15) is 17.3 Å². The zero-order valence-corrected chi connectivity index (χ0v) is 16.1. The minimum atomic E-state index is -0.373. The molecule has 29 heavy (non-hydrogen) atoms. The fourth-order valence-corrected chi connectivity index (χ4v) is 2.61. The smallest absolute Gasteiger partial charge is 0.320 e. The number of amides is 3. The predicted molar refractivity (Wildman–Crippen MR) is 111 cm³/mol. The van der Waals surface area contributed by atoms with Crippen molar-refractivity contribution >= 4 is 34.8 Å². The molecule has 0 aromatic carbocycles. The molecule has 0 bridgehead atoms. The van der Waals surface area contributed by atoms with Gasteiger partial charge in [0, 0.05) is 38.2 Å². The number of aromatic nitrogens is 3. The van der Waals surface area contributed by atoms with Crippen molar-refractivity contribution in [3.8, 4) is 0 Å². The molecule has 0 aliphatic heterocycles. The summed E-state index contributed by atoms with van der Waals surface area (Å²) in [6.07, 6.45) is 7.96. The van der Waals surface area contributed by atoms with E-state index in [1.54, 1.807) is 54.0 Å². The van der Waals surface area contributed by atoms with E-state index in [1.165, 1.54) is 6.20 Å². The van der Waals surface area contributed by atoms with E-state index in [4.69, 9.17) is 0 Å². The van der Waals surface area contributed by atoms with E-state index in [0.717, 1.165) is 5.69 Å². The molecule has 0 fully saturated rings. The molecular weight excluding hydrogens is 370 g/mol. The fraction of sp³-hybridized carbons (Fsp3) is 0.150. The van der Waals surface area contributed by atoms with Crippen LogP contribution in [0.2, 0.25) is 0 Å². The summed E-state index contributed by atoms with van der Waals surface area (Å²) in [7, 11) is 1.81. The lowest BCUT2D eigenvalue weighted by Crippen LogP contribution is -2.29. The van der Waals surface area contributed by atoms with Crippen LogP contribution in [0.5, 0.6) is 0 Å². The normalized spacial score (nSPS) is 10.1. The number of carbonyl (C=O) groups is 2. The SMILES string of the molecule is CCNC(=O)Nc1cc(N(C)c2cccnc2)c(C(=O)Nc2cccnc2)cn1. The Morgan fingerprint density at radius 3 is 2.45 bits per heavy atom. The van der Waals surface area contributed by atoms with Gasteiger partial charge >= 0.3 is 6.03 Å². The van der Waals surface area contributed by atoms with Crippen LogP contribution >= 0.6 is 0 Å². The number of nitrogens with one attached hydrogen (secondary N) is 3. The highest BCUT2D eigenvalue weighted by atomic mass is 16.2. The number of hydrogen-bond acceptors (Lipinski definition) is 6. The highest BCUT2D eigenvalue weighted by Gasteiger charge is 2.18. The monoisotopic (exact) mass is 391 g/mol. The molecular formula is C20H21N7O2. The lowest BCUT2D eigenvalue weighted by Gasteiger charge is -2.22. The van der Waals surface area contributed by atoms with Gasteiger partial charge in [0.1, 0.15) is 5.82 Å². The Balaban J connectivity index is 1.95. The fourth-order valence-electron chi connectivity index (χ4n) is 2.61. The maximum absolute atomic E-state index is 12.9. The van der Waals surface area contributed by atoms with Crippen molar-refractivity contribution in [3.05, 3.63) is 66.9 Å². The van der Waals surface area contributed by atoms with E-state index in [2.05, 4.69) is 30.9 Å². The van der Waals surface area contributed by atoms with Crippen LogP contribution in [0.4, 0.5) is 27.7 Å². The van der Waals surface area contributed by atoms with Crippen LogP contribution in [0, 0.1) is 0 Å². The number of carbonyl (C=O) groups excluding carboxylic acids is 2. The van der Waals surface area contributed by atoms with Crippen LogP contribution < -0.4 is 20.9 Å². The number of anilines is 4. The lowest BCUT2D eigenvalue weighted by molar-refractivity contribution is 0.102. The van der Waals surface area contributed by atoms with Crippen LogP contribution in [0.25, 0.3) is 0 Å². The first-order valence-corrected chi connectivity index (χ1v) is 8.98. The van der Waals surface area contributed by atoms with Gasteiger partial charge in [-0.3, -0.25) is 20.1 Å². The molecule has 3 N–H and O–H groups in total. The Kier molecular flexibility index (Phi) is 6.31. The third-order valence-electron chi connectivity index (χ3n) is 4.02. The second kappa shape index (κ2) is 9.27. The quantitative estimate of drug-likeness (QED) is 0.595. The molecule has 0 aliphatic rings. The van der Waals surface area contributed by atoms with Crippen molar-refractivity contribution in [2.45, 2.75) is 6.92 Å². The van der Waals surface area contributed by atoms with Gasteiger partial charge in [0.15, 0.2) is 0 Å². The highest BCUT2D eigenvalue weighted by molar-refractivity contribution is 6.08. The number of hydrogen-bond donors (Lipinski definition) is 3. The first-order chi connectivity index (χ1) is 14.1. The molecule has 3 rings (SSSR count). The summed E-state index contributed by atoms with van der Waals surface area (Å²) < 4.78 is 0. The molecule has 3 heterocycles. The van der Waals surface area contributed by atoms with Crippen LogP contribution in [0.15, 0.2) is 61.3 Å². The Morgan fingerprint density at radius 1 is 1.03 bits per heavy atom. The van der Waals surface area contributed by atoms with Crippen LogP contribution in [0.3, 0.4) is 0 Å². The molecule has 0 spiro atoms. The maximum atomic E-state index is 12.9. The molecule has 3 aromatic rings. The molecule has 9 nitrogen and oxygen atoms in total. The molecule has 0 radical (unpaired) electrons. The topological polar surface area (TPSA) is 112 Å². The van der Waals surface area contributed by atoms with Crippen molar-refractivity contribution in [2.75, 3.05) is 29.1 Å². The highest BCUT2D eigenvalue weighted by Crippen LogP contribution is 2.29. The van der Waals surface area contributed by atoms with E-state index >= 15 is 0 Å². The molecule has 0 aliphatic carbocycles. The maximum Gasteiger partial charge on any atom is 0.320 e. The molecule has 0 saturated heterocycles. The van der Waals surface area contributed by atoms with Gasteiger partial charge in [0.05, 0.1) is 35.0 Å². The van der Waals surface area contributed by atoms with Crippen molar-refractivity contribution in [1.82, 2.24) is 20.3 Å². The summed E-state index contributed by atoms with van der Waals surface area (Å²) in [5.74, 6) is -0.0274. The third kappa shape index (κ3) is 5.04. The van der Waals surface area contributed by atoms with Gasteiger partial charge in [-0.25, -0.2) is 9.78 Å². The van der Waals surface area contributed by atoms with Gasteiger partial charge in [0.25, 0.3) is 5.91 Å². The van der Waals surface area contributed by atoms with Gasteiger partial charge in [-0.05, 0) is 31.2 Å². The molecule has 3 aromatic heterocycles. The first-order valence-electron chi connectivity index (χ1n) is 8.98. The van der Waals surface area contributed by atoms with Gasteiger partial charge in [0.2, 0.25) is 0 Å². The van der Waals surface area contributed by atoms with Crippen molar-refractivity contribution in [2.24, 2.45) is 0 Å². The summed E-state index contributed by atoms with van der Waals surface area (Å²) in [4.78, 5) is 38.9. The zero-order valence-electron chi connectivity index (χ0n) is 16.1. The van der Waals surface area contributed by atoms with Gasteiger partial charge in [-0.1, -0.05) is 0 Å². The van der Waals surface area contributed by atoms with E-state index < -0.39 is 0 Å². The standard InChI is InChI=1S/C20H21N7O2/c1-3-23-20(29)26-18-10-17(27(2)15-7-5-9-22-12-15)16(13-24-18)19(28)25-14-6-4-8-21-11-14/h4-13H,3H2,1-2H3,(H,25,28)(H2,23,24,26,29). The second-order valence-corrected chi connectivity index (χ2v) is 6.04. The average molecular weight is 391 g/mol. The van der Waals surface area contributed by atoms with Crippen LogP contribution in [-0.2, 0) is 0 Å². The Bertz CT molecular complexity index is 981. The van der Waals surface area contributed by atoms with E-state index in [9.17, 15) is 9.59 Å². The van der Waals surface area contributed by atoms with Crippen LogP contribution in [-0.4, -0.2) is 40.5 Å².